The molecule has 1 fully saturated rings. The number of benzene rings is 1. The van der Waals surface area contributed by atoms with E-state index in [2.05, 4.69) is 220 Å². The normalized spacial score (nSPS) is 16.3. The number of aryl methyl sites for hydroxylation is 1. The van der Waals surface area contributed by atoms with E-state index in [0.717, 1.165) is 85.8 Å². The zero-order valence-corrected chi connectivity index (χ0v) is 36.8. The molecule has 7 rings (SSSR count). The predicted octanol–water partition coefficient (Wildman–Crippen LogP) is 8.74. The molecule has 1 spiro atoms. The maximum Gasteiger partial charge on any atom is 0.156 e. The molecule has 4 aliphatic rings. The van der Waals surface area contributed by atoms with Crippen molar-refractivity contribution >= 4 is 11.5 Å². The molecule has 5 N–H and O–H groups in total. The molecule has 68 heavy (non-hydrogen) atoms. The van der Waals surface area contributed by atoms with E-state index in [4.69, 9.17) is 32.6 Å². The molecule has 13 nitrogen and oxygen atoms in total. The van der Waals surface area contributed by atoms with Gasteiger partial charge in [0.25, 0.3) is 0 Å². The Morgan fingerprint density at radius 1 is 0.735 bits per heavy atom. The van der Waals surface area contributed by atoms with Crippen molar-refractivity contribution in [2.45, 2.75) is 70.4 Å². The Kier molecular flexibility index (Phi) is 19.9. The standard InChI is InChI=1S/C28H30N6.C27H4.H3N7.12H2/c29-26-20-6-2-1-5-19(20)15-28(26)11-9-18(10-12-28)22-16-31-25-23(33-22)17-32-27(25)34-14-4-7-21-24(34)8-3-13-30-21;1-3-5-7-9-11-13-15-17-19-21-23-25-27-26-24-22-20-18-16-14-12-10-8-6-4-2;1-3-5-7-6-4-2;;;;;;;;;;;;/h1-3,5-6,8,13,16,18,26H,4,7,9-12,14-15,17,29H2;1H,2H3;(H3,1,2,5,6);12*1H/t18?,26-,28?;;;;;;;;;;;;;;/m1............../s1. The number of nitrogens with two attached hydrogens (primary N) is 2. The molecule has 0 amide bonds. The van der Waals surface area contributed by atoms with Gasteiger partial charge in [-0.25, -0.2) is 4.98 Å². The van der Waals surface area contributed by atoms with Crippen molar-refractivity contribution in [3.8, 4) is 154 Å². The lowest BCUT2D eigenvalue weighted by Gasteiger charge is -2.40. The number of terminal acetylenes is 1. The van der Waals surface area contributed by atoms with Gasteiger partial charge in [-0.3, -0.25) is 15.0 Å². The van der Waals surface area contributed by atoms with Gasteiger partial charge in [0.05, 0.1) is 29.3 Å². The second-order valence-corrected chi connectivity index (χ2v) is 14.2. The number of anilines is 1. The Balaban J connectivity index is -0.000000173. The first-order valence-corrected chi connectivity index (χ1v) is 20.7. The number of amidine groups is 1. The van der Waals surface area contributed by atoms with Gasteiger partial charge in [-0.05, 0) is 196 Å². The first-order valence-electron chi connectivity index (χ1n) is 20.7. The van der Waals surface area contributed by atoms with E-state index in [1.165, 1.54) is 11.1 Å². The number of fused-ring (bicyclic) bond motifs is 3. The maximum absolute atomic E-state index is 6.78. The van der Waals surface area contributed by atoms with Crippen LogP contribution in [-0.2, 0) is 19.4 Å². The van der Waals surface area contributed by atoms with Crippen molar-refractivity contribution in [2.75, 3.05) is 11.4 Å². The van der Waals surface area contributed by atoms with Crippen molar-refractivity contribution in [2.24, 2.45) is 48.1 Å². The monoisotopic (exact) mass is 904 g/mol. The third-order valence-corrected chi connectivity index (χ3v) is 10.4. The van der Waals surface area contributed by atoms with Gasteiger partial charge in [0.15, 0.2) is 5.84 Å². The van der Waals surface area contributed by atoms with E-state index in [1.807, 2.05) is 18.5 Å². The molecule has 2 aromatic heterocycles. The van der Waals surface area contributed by atoms with E-state index in [0.29, 0.717) is 12.5 Å². The van der Waals surface area contributed by atoms with Gasteiger partial charge in [-0.15, -0.1) is 6.42 Å². The highest BCUT2D eigenvalue weighted by Gasteiger charge is 2.46. The third-order valence-electron chi connectivity index (χ3n) is 10.4. The topological polar surface area (TPSA) is 192 Å². The van der Waals surface area contributed by atoms with Crippen LogP contribution < -0.4 is 16.5 Å². The van der Waals surface area contributed by atoms with Crippen LogP contribution >= 0.6 is 0 Å². The minimum Gasteiger partial charge on any atom is -0.323 e. The molecule has 346 valence electrons. The molecule has 0 radical (unpaired) electrons. The molecule has 1 aromatic carbocycles. The largest absolute Gasteiger partial charge is 0.323 e. The van der Waals surface area contributed by atoms with Crippen LogP contribution in [0.5, 0.6) is 0 Å². The SMILES string of the molecule is C#CC#CC#CC#CC#CC#CC#CC#CC#CC#CC#CC#CC#CC.N=N/N=N/N=N/N.N[C@@H]1c2ccccc2CC12CCC(c1cnc3c(n1)CN=C3N1CCCc3ncccc31)CC2.[HH].[HH].[HH].[HH].[HH].[HH].[HH].[HH].[HH].[HH].[HH].[HH]. The summed E-state index contributed by atoms with van der Waals surface area (Å²) >= 11 is 0. The minimum absolute atomic E-state index is 0. The van der Waals surface area contributed by atoms with Crippen LogP contribution in [0, 0.1) is 165 Å². The quantitative estimate of drug-likeness (QED) is 0.102. The van der Waals surface area contributed by atoms with Crippen LogP contribution in [0.4, 0.5) is 5.69 Å². The van der Waals surface area contributed by atoms with Crippen LogP contribution in [0.25, 0.3) is 0 Å². The van der Waals surface area contributed by atoms with Gasteiger partial charge < -0.3 is 16.5 Å². The van der Waals surface area contributed by atoms with Crippen molar-refractivity contribution in [3.63, 3.8) is 0 Å². The average molecular weight is 904 g/mol. The lowest BCUT2D eigenvalue weighted by atomic mass is 9.66. The number of nitrogens with zero attached hydrogens (tertiary/aromatic N) is 10. The Morgan fingerprint density at radius 3 is 1.88 bits per heavy atom. The molecule has 4 heterocycles. The predicted molar refractivity (Wildman–Crippen MR) is 285 cm³/mol. The van der Waals surface area contributed by atoms with Crippen molar-refractivity contribution in [1.82, 2.24) is 15.0 Å². The summed E-state index contributed by atoms with van der Waals surface area (Å²) < 4.78 is 0. The summed E-state index contributed by atoms with van der Waals surface area (Å²) in [6.45, 7) is 3.27. The van der Waals surface area contributed by atoms with Crippen molar-refractivity contribution < 1.29 is 17.1 Å². The third kappa shape index (κ3) is 14.7. The second-order valence-electron chi connectivity index (χ2n) is 14.2. The summed E-state index contributed by atoms with van der Waals surface area (Å²) in [5, 5.41) is 13.5. The first kappa shape index (κ1) is 48.8. The number of aromatic nitrogens is 3. The number of aliphatic imine (C=N–C) groups is 1. The van der Waals surface area contributed by atoms with Gasteiger partial charge >= 0.3 is 0 Å². The van der Waals surface area contributed by atoms with Crippen LogP contribution in [0.1, 0.15) is 102 Å². The number of nitrogens with one attached hydrogen (secondary N) is 1. The summed E-state index contributed by atoms with van der Waals surface area (Å²) in [6, 6.07) is 13.1. The lowest BCUT2D eigenvalue weighted by molar-refractivity contribution is 0.148. The highest BCUT2D eigenvalue weighted by molar-refractivity contribution is 6.11. The van der Waals surface area contributed by atoms with E-state index in [9.17, 15) is 0 Å². The number of rotatable bonds is 3. The summed E-state index contributed by atoms with van der Waals surface area (Å²) in [4.78, 5) is 21.8. The summed E-state index contributed by atoms with van der Waals surface area (Å²) in [5.74, 6) is 67.8. The molecule has 2 aliphatic carbocycles. The molecule has 13 heteroatoms. The van der Waals surface area contributed by atoms with Crippen LogP contribution in [0.2, 0.25) is 0 Å². The van der Waals surface area contributed by atoms with E-state index in [-0.39, 0.29) is 28.6 Å². The maximum atomic E-state index is 6.78. The van der Waals surface area contributed by atoms with Crippen LogP contribution in [0.3, 0.4) is 0 Å². The van der Waals surface area contributed by atoms with Gasteiger partial charge in [-0.1, -0.05) is 35.4 Å². The molecule has 0 unspecified atom stereocenters. The van der Waals surface area contributed by atoms with E-state index < -0.39 is 0 Å². The smallest absolute Gasteiger partial charge is 0.156 e. The Labute approximate surface area is 415 Å². The summed E-state index contributed by atoms with van der Waals surface area (Å²) in [5.41, 5.74) is 21.2. The molecule has 0 saturated heterocycles. The molecule has 2 aliphatic heterocycles. The highest BCUT2D eigenvalue weighted by atomic mass is 15.6. The van der Waals surface area contributed by atoms with Gasteiger partial charge in [0, 0.05) is 95.4 Å². The Bertz CT molecular complexity index is 3400. The molecule has 1 atom stereocenters. The van der Waals surface area contributed by atoms with Gasteiger partial charge in [0.1, 0.15) is 5.69 Å². The van der Waals surface area contributed by atoms with E-state index in [1.54, 1.807) is 6.92 Å². The second kappa shape index (κ2) is 27.7. The summed E-state index contributed by atoms with van der Waals surface area (Å²) in [7, 11) is 0. The highest BCUT2D eigenvalue weighted by Crippen LogP contribution is 2.55. The Morgan fingerprint density at radius 2 is 1.32 bits per heavy atom. The Hall–Kier alpha value is -10.2. The summed E-state index contributed by atoms with van der Waals surface area (Å²) in [6.07, 6.45) is 16.6. The fourth-order valence-corrected chi connectivity index (χ4v) is 7.60. The van der Waals surface area contributed by atoms with Gasteiger partial charge in [0.2, 0.25) is 0 Å². The van der Waals surface area contributed by atoms with Crippen molar-refractivity contribution in [1.29, 1.82) is 5.53 Å². The molecular weight excluding hydrogens is 843 g/mol. The zero-order chi connectivity index (χ0) is 47.9. The fourth-order valence-electron chi connectivity index (χ4n) is 7.60. The van der Waals surface area contributed by atoms with Gasteiger partial charge in [-0.2, -0.15) is 5.53 Å². The van der Waals surface area contributed by atoms with Crippen LogP contribution in [0.15, 0.2) is 79.9 Å². The minimum atomic E-state index is 0. The van der Waals surface area contributed by atoms with Crippen LogP contribution in [-0.4, -0.2) is 27.3 Å². The fraction of sp³-hybridized carbons (Fsp3) is 0.236. The molecule has 0 bridgehead atoms. The number of hydrogen-bond acceptors (Lipinski definition) is 8. The average Bonchev–Trinajstić information content (AvgIpc) is 3.92. The molecule has 3 aromatic rings. The van der Waals surface area contributed by atoms with E-state index >= 15 is 0 Å². The first-order chi connectivity index (χ1) is 33.5. The van der Waals surface area contributed by atoms with Crippen molar-refractivity contribution in [3.05, 3.63) is 82.7 Å². The number of pyridine rings is 1. The number of hydrogen-bond donors (Lipinski definition) is 3. The molecular formula is C55H61N13. The molecule has 1 saturated carbocycles. The zero-order valence-electron chi connectivity index (χ0n) is 36.8. The lowest BCUT2D eigenvalue weighted by Crippen LogP contribution is -2.36.